The second-order valence-corrected chi connectivity index (χ2v) is 7.13. The lowest BCUT2D eigenvalue weighted by atomic mass is 9.89. The first kappa shape index (κ1) is 16.3. The number of nitrogens with one attached hydrogen (secondary N) is 1. The molecule has 1 amide bonds. The van der Waals surface area contributed by atoms with Crippen molar-refractivity contribution >= 4 is 5.91 Å². The molecule has 2 saturated heterocycles. The van der Waals surface area contributed by atoms with E-state index in [1.165, 1.54) is 16.8 Å². The van der Waals surface area contributed by atoms with Gasteiger partial charge < -0.3 is 9.64 Å². The number of aromatic amines is 1. The zero-order chi connectivity index (χ0) is 17.1. The fourth-order valence-corrected chi connectivity index (χ4v) is 4.01. The molecule has 3 heterocycles. The van der Waals surface area contributed by atoms with Gasteiger partial charge in [0.25, 0.3) is 0 Å². The van der Waals surface area contributed by atoms with Crippen LogP contribution in [-0.4, -0.2) is 47.3 Å². The summed E-state index contributed by atoms with van der Waals surface area (Å²) in [5.74, 6) is 0.826. The van der Waals surface area contributed by atoms with E-state index in [0.29, 0.717) is 12.5 Å². The molecule has 2 aliphatic rings. The molecule has 1 N–H and O–H groups in total. The Labute approximate surface area is 148 Å². The van der Waals surface area contributed by atoms with Gasteiger partial charge in [-0.1, -0.05) is 30.3 Å². The number of carbonyl (C=O) groups excluding carboxylic acids is 1. The first-order chi connectivity index (χ1) is 12.3. The van der Waals surface area contributed by atoms with Crippen LogP contribution in [-0.2, 0) is 16.0 Å². The van der Waals surface area contributed by atoms with Crippen LogP contribution in [0, 0.1) is 5.92 Å². The van der Waals surface area contributed by atoms with E-state index in [1.807, 2.05) is 17.2 Å². The van der Waals surface area contributed by atoms with Crippen molar-refractivity contribution in [3.8, 4) is 0 Å². The van der Waals surface area contributed by atoms with Crippen molar-refractivity contribution in [1.29, 1.82) is 0 Å². The fraction of sp³-hybridized carbons (Fsp3) is 0.500. The van der Waals surface area contributed by atoms with Gasteiger partial charge in [0.15, 0.2) is 0 Å². The molecule has 2 aromatic rings. The zero-order valence-corrected chi connectivity index (χ0v) is 14.5. The Bertz CT molecular complexity index is 699. The van der Waals surface area contributed by atoms with Crippen molar-refractivity contribution in [3.63, 3.8) is 0 Å². The number of benzene rings is 1. The molecule has 0 bridgehead atoms. The number of carbonyl (C=O) groups is 1. The Morgan fingerprint density at radius 1 is 1.20 bits per heavy atom. The molecule has 0 saturated carbocycles. The number of nitrogens with zero attached hydrogens (tertiary/aromatic N) is 2. The van der Waals surface area contributed by atoms with E-state index in [2.05, 4.69) is 34.5 Å². The van der Waals surface area contributed by atoms with Gasteiger partial charge in [-0.3, -0.25) is 9.89 Å². The number of ether oxygens (including phenoxy) is 1. The SMILES string of the molecule is O=C(C1CCOC1)N1CCC(c2[nH]ncc2Cc2ccccc2)CC1. The molecule has 0 radical (unpaired) electrons. The van der Waals surface area contributed by atoms with Crippen LogP contribution < -0.4 is 0 Å². The molecule has 2 aliphatic heterocycles. The summed E-state index contributed by atoms with van der Waals surface area (Å²) >= 11 is 0. The van der Waals surface area contributed by atoms with Gasteiger partial charge in [-0.25, -0.2) is 0 Å². The predicted molar refractivity (Wildman–Crippen MR) is 95.3 cm³/mol. The van der Waals surface area contributed by atoms with Crippen molar-refractivity contribution in [3.05, 3.63) is 53.3 Å². The van der Waals surface area contributed by atoms with Crippen LogP contribution in [0.25, 0.3) is 0 Å². The maximum Gasteiger partial charge on any atom is 0.228 e. The number of rotatable bonds is 4. The third kappa shape index (κ3) is 3.61. The molecule has 1 aromatic heterocycles. The van der Waals surface area contributed by atoms with E-state index < -0.39 is 0 Å². The maximum absolute atomic E-state index is 12.5. The van der Waals surface area contributed by atoms with Gasteiger partial charge in [0.05, 0.1) is 18.7 Å². The van der Waals surface area contributed by atoms with E-state index in [0.717, 1.165) is 45.4 Å². The second-order valence-electron chi connectivity index (χ2n) is 7.13. The molecule has 0 aliphatic carbocycles. The van der Waals surface area contributed by atoms with E-state index in [1.54, 1.807) is 0 Å². The number of hydrogen-bond donors (Lipinski definition) is 1. The minimum Gasteiger partial charge on any atom is -0.381 e. The van der Waals surface area contributed by atoms with E-state index in [9.17, 15) is 4.79 Å². The first-order valence-electron chi connectivity index (χ1n) is 9.24. The van der Waals surface area contributed by atoms with Crippen LogP contribution >= 0.6 is 0 Å². The molecule has 5 nitrogen and oxygen atoms in total. The van der Waals surface area contributed by atoms with Crippen LogP contribution in [0.15, 0.2) is 36.5 Å². The minimum atomic E-state index is 0.0809. The van der Waals surface area contributed by atoms with Crippen LogP contribution in [0.1, 0.15) is 42.0 Å². The number of piperidine rings is 1. The Morgan fingerprint density at radius 3 is 2.72 bits per heavy atom. The lowest BCUT2D eigenvalue weighted by Gasteiger charge is -2.33. The molecular weight excluding hydrogens is 314 g/mol. The number of H-pyrrole nitrogens is 1. The molecular formula is C20H25N3O2. The largest absolute Gasteiger partial charge is 0.381 e. The summed E-state index contributed by atoms with van der Waals surface area (Å²) in [6, 6.07) is 10.5. The summed E-state index contributed by atoms with van der Waals surface area (Å²) in [5.41, 5.74) is 3.83. The van der Waals surface area contributed by atoms with Crippen LogP contribution in [0.5, 0.6) is 0 Å². The molecule has 1 atom stereocenters. The predicted octanol–water partition coefficient (Wildman–Crippen LogP) is 2.74. The normalized spacial score (nSPS) is 21.6. The van der Waals surface area contributed by atoms with E-state index >= 15 is 0 Å². The maximum atomic E-state index is 12.5. The highest BCUT2D eigenvalue weighted by molar-refractivity contribution is 5.79. The minimum absolute atomic E-state index is 0.0809. The zero-order valence-electron chi connectivity index (χ0n) is 14.5. The quantitative estimate of drug-likeness (QED) is 0.932. The van der Waals surface area contributed by atoms with Gasteiger partial charge in [-0.2, -0.15) is 5.10 Å². The summed E-state index contributed by atoms with van der Waals surface area (Å²) in [7, 11) is 0. The topological polar surface area (TPSA) is 58.2 Å². The summed E-state index contributed by atoms with van der Waals surface area (Å²) in [6.07, 6.45) is 5.74. The van der Waals surface area contributed by atoms with Crippen LogP contribution in [0.3, 0.4) is 0 Å². The number of amides is 1. The van der Waals surface area contributed by atoms with Gasteiger partial charge in [0.1, 0.15) is 0 Å². The average molecular weight is 339 g/mol. The highest BCUT2D eigenvalue weighted by Crippen LogP contribution is 2.31. The highest BCUT2D eigenvalue weighted by atomic mass is 16.5. The molecule has 1 aromatic carbocycles. The Hall–Kier alpha value is -2.14. The summed E-state index contributed by atoms with van der Waals surface area (Å²) < 4.78 is 5.36. The molecule has 0 spiro atoms. The van der Waals surface area contributed by atoms with E-state index in [-0.39, 0.29) is 11.8 Å². The number of hydrogen-bond acceptors (Lipinski definition) is 3. The average Bonchev–Trinajstić information content (AvgIpc) is 3.34. The Kier molecular flexibility index (Phi) is 4.83. The van der Waals surface area contributed by atoms with Gasteiger partial charge in [-0.15, -0.1) is 0 Å². The Morgan fingerprint density at radius 2 is 2.00 bits per heavy atom. The van der Waals surface area contributed by atoms with Crippen LogP contribution in [0.4, 0.5) is 0 Å². The molecule has 132 valence electrons. The second kappa shape index (κ2) is 7.40. The third-order valence-electron chi connectivity index (χ3n) is 5.48. The van der Waals surface area contributed by atoms with Gasteiger partial charge in [0, 0.05) is 37.7 Å². The summed E-state index contributed by atoms with van der Waals surface area (Å²) in [4.78, 5) is 14.6. The summed E-state index contributed by atoms with van der Waals surface area (Å²) in [6.45, 7) is 3.00. The number of aromatic nitrogens is 2. The monoisotopic (exact) mass is 339 g/mol. The Balaban J connectivity index is 1.38. The van der Waals surface area contributed by atoms with Crippen molar-refractivity contribution in [2.75, 3.05) is 26.3 Å². The van der Waals surface area contributed by atoms with Crippen molar-refractivity contribution < 1.29 is 9.53 Å². The van der Waals surface area contributed by atoms with Crippen molar-refractivity contribution in [2.45, 2.75) is 31.6 Å². The van der Waals surface area contributed by atoms with Gasteiger partial charge in [-0.05, 0) is 30.4 Å². The van der Waals surface area contributed by atoms with E-state index in [4.69, 9.17) is 4.74 Å². The van der Waals surface area contributed by atoms with Crippen molar-refractivity contribution in [1.82, 2.24) is 15.1 Å². The van der Waals surface area contributed by atoms with Gasteiger partial charge >= 0.3 is 0 Å². The molecule has 2 fully saturated rings. The third-order valence-corrected chi connectivity index (χ3v) is 5.48. The number of likely N-dealkylation sites (tertiary alicyclic amines) is 1. The molecule has 25 heavy (non-hydrogen) atoms. The van der Waals surface area contributed by atoms with Crippen molar-refractivity contribution in [2.24, 2.45) is 5.92 Å². The molecule has 4 rings (SSSR count). The molecule has 1 unspecified atom stereocenters. The smallest absolute Gasteiger partial charge is 0.228 e. The van der Waals surface area contributed by atoms with Gasteiger partial charge in [0.2, 0.25) is 5.91 Å². The van der Waals surface area contributed by atoms with Crippen LogP contribution in [0.2, 0.25) is 0 Å². The lowest BCUT2D eigenvalue weighted by Crippen LogP contribution is -2.41. The fourth-order valence-electron chi connectivity index (χ4n) is 4.01. The lowest BCUT2D eigenvalue weighted by molar-refractivity contribution is -0.136. The first-order valence-corrected chi connectivity index (χ1v) is 9.24. The standard InChI is InChI=1S/C20H25N3O2/c24-20(17-8-11-25-14-17)23-9-6-16(7-10-23)19-18(13-21-22-19)12-15-4-2-1-3-5-15/h1-5,13,16-17H,6-12,14H2,(H,21,22). The highest BCUT2D eigenvalue weighted by Gasteiger charge is 2.31. The summed E-state index contributed by atoms with van der Waals surface area (Å²) in [5, 5.41) is 7.51. The molecule has 5 heteroatoms.